The molecule has 0 radical (unpaired) electrons. The summed E-state index contributed by atoms with van der Waals surface area (Å²) in [6.45, 7) is 3.62. The lowest BCUT2D eigenvalue weighted by atomic mass is 9.85. The fraction of sp³-hybridized carbons (Fsp3) is 0.571. The third-order valence-electron chi connectivity index (χ3n) is 3.68. The topological polar surface area (TPSA) is 50.7 Å². The van der Waals surface area contributed by atoms with Gasteiger partial charge in [-0.1, -0.05) is 0 Å². The molecular weight excluding hydrogens is 230 g/mol. The molecule has 1 fully saturated rings. The highest BCUT2D eigenvalue weighted by atomic mass is 16.5. The van der Waals surface area contributed by atoms with E-state index < -0.39 is 0 Å². The van der Waals surface area contributed by atoms with Crippen molar-refractivity contribution in [2.45, 2.75) is 18.9 Å². The minimum Gasteiger partial charge on any atom is -0.497 e. The summed E-state index contributed by atoms with van der Waals surface area (Å²) in [6, 6.07) is 7.74. The van der Waals surface area contributed by atoms with Crippen LogP contribution in [0.25, 0.3) is 0 Å². The number of aliphatic hydroxyl groups is 1. The van der Waals surface area contributed by atoms with Crippen molar-refractivity contribution in [3.63, 3.8) is 0 Å². The Bertz CT molecular complexity index is 373. The van der Waals surface area contributed by atoms with E-state index >= 15 is 0 Å². The van der Waals surface area contributed by atoms with Gasteiger partial charge in [-0.05, 0) is 37.6 Å². The zero-order chi connectivity index (χ0) is 13.0. The van der Waals surface area contributed by atoms with Crippen molar-refractivity contribution in [1.29, 1.82) is 0 Å². The van der Waals surface area contributed by atoms with E-state index in [2.05, 4.69) is 5.32 Å². The van der Waals surface area contributed by atoms with E-state index in [4.69, 9.17) is 9.47 Å². The molecule has 1 aliphatic rings. The van der Waals surface area contributed by atoms with Gasteiger partial charge >= 0.3 is 0 Å². The maximum Gasteiger partial charge on any atom is 0.119 e. The van der Waals surface area contributed by atoms with Crippen LogP contribution < -0.4 is 10.1 Å². The molecule has 0 aromatic heterocycles. The molecule has 1 heterocycles. The number of hydrogen-bond donors (Lipinski definition) is 2. The molecule has 0 spiro atoms. The molecule has 1 aromatic carbocycles. The van der Waals surface area contributed by atoms with Crippen LogP contribution in [0.3, 0.4) is 0 Å². The summed E-state index contributed by atoms with van der Waals surface area (Å²) in [5.41, 5.74) is 0.643. The van der Waals surface area contributed by atoms with Gasteiger partial charge in [0.1, 0.15) is 5.75 Å². The zero-order valence-electron chi connectivity index (χ0n) is 11.0. The van der Waals surface area contributed by atoms with Gasteiger partial charge in [-0.2, -0.15) is 0 Å². The van der Waals surface area contributed by atoms with Crippen molar-refractivity contribution in [3.05, 3.63) is 24.3 Å². The van der Waals surface area contributed by atoms with Crippen LogP contribution in [0.15, 0.2) is 24.3 Å². The number of rotatable bonds is 5. The molecular formula is C14H21NO3. The quantitative estimate of drug-likeness (QED) is 0.839. The van der Waals surface area contributed by atoms with E-state index in [9.17, 15) is 5.11 Å². The van der Waals surface area contributed by atoms with Gasteiger partial charge in [-0.3, -0.25) is 0 Å². The molecule has 4 nitrogen and oxygen atoms in total. The van der Waals surface area contributed by atoms with Crippen molar-refractivity contribution in [1.82, 2.24) is 0 Å². The molecule has 1 aromatic rings. The van der Waals surface area contributed by atoms with Crippen molar-refractivity contribution in [3.8, 4) is 5.75 Å². The Hall–Kier alpha value is -1.26. The molecule has 18 heavy (non-hydrogen) atoms. The number of anilines is 1. The van der Waals surface area contributed by atoms with E-state index in [1.54, 1.807) is 7.11 Å². The van der Waals surface area contributed by atoms with Crippen molar-refractivity contribution < 1.29 is 14.6 Å². The zero-order valence-corrected chi connectivity index (χ0v) is 11.0. The van der Waals surface area contributed by atoms with E-state index in [-0.39, 0.29) is 12.1 Å². The Kier molecular flexibility index (Phi) is 4.09. The van der Waals surface area contributed by atoms with Gasteiger partial charge in [0, 0.05) is 18.2 Å². The van der Waals surface area contributed by atoms with Crippen LogP contribution >= 0.6 is 0 Å². The first kappa shape index (κ1) is 13.2. The summed E-state index contributed by atoms with van der Waals surface area (Å²) < 4.78 is 10.5. The SMILES string of the molecule is COc1ccc(NC(C)(CO)C2CCOC2)cc1. The van der Waals surface area contributed by atoms with Crippen LogP contribution in [0.4, 0.5) is 5.69 Å². The van der Waals surface area contributed by atoms with Crippen LogP contribution in [0.5, 0.6) is 5.75 Å². The molecule has 0 amide bonds. The first-order valence-corrected chi connectivity index (χ1v) is 6.29. The monoisotopic (exact) mass is 251 g/mol. The fourth-order valence-electron chi connectivity index (χ4n) is 2.31. The molecule has 2 N–H and O–H groups in total. The highest BCUT2D eigenvalue weighted by molar-refractivity contribution is 5.48. The minimum atomic E-state index is -0.342. The summed E-state index contributed by atoms with van der Waals surface area (Å²) in [6.07, 6.45) is 0.986. The minimum absolute atomic E-state index is 0.0903. The maximum absolute atomic E-state index is 9.67. The first-order chi connectivity index (χ1) is 8.68. The Balaban J connectivity index is 2.08. The molecule has 1 saturated heterocycles. The molecule has 100 valence electrons. The van der Waals surface area contributed by atoms with Gasteiger partial charge in [0.25, 0.3) is 0 Å². The van der Waals surface area contributed by atoms with Gasteiger partial charge < -0.3 is 19.9 Å². The van der Waals surface area contributed by atoms with Gasteiger partial charge in [0.15, 0.2) is 0 Å². The molecule has 0 aliphatic carbocycles. The lowest BCUT2D eigenvalue weighted by Crippen LogP contribution is -2.46. The Labute approximate surface area is 108 Å². The van der Waals surface area contributed by atoms with Gasteiger partial charge in [-0.15, -0.1) is 0 Å². The largest absolute Gasteiger partial charge is 0.497 e. The summed E-state index contributed by atoms with van der Waals surface area (Å²) >= 11 is 0. The molecule has 2 unspecified atom stereocenters. The van der Waals surface area contributed by atoms with Gasteiger partial charge in [0.05, 0.1) is 25.9 Å². The number of ether oxygens (including phenoxy) is 2. The molecule has 0 bridgehead atoms. The second kappa shape index (κ2) is 5.59. The molecule has 2 rings (SSSR count). The lowest BCUT2D eigenvalue weighted by molar-refractivity contribution is 0.137. The predicted molar refractivity (Wildman–Crippen MR) is 71.0 cm³/mol. The van der Waals surface area contributed by atoms with Crippen LogP contribution in [-0.4, -0.2) is 37.6 Å². The molecule has 4 heteroatoms. The maximum atomic E-state index is 9.67. The molecule has 2 atom stereocenters. The van der Waals surface area contributed by atoms with Gasteiger partial charge in [0.2, 0.25) is 0 Å². The average molecular weight is 251 g/mol. The van der Waals surface area contributed by atoms with Crippen LogP contribution in [0.2, 0.25) is 0 Å². The number of methoxy groups -OCH3 is 1. The smallest absolute Gasteiger partial charge is 0.119 e. The molecule has 0 saturated carbocycles. The number of hydrogen-bond acceptors (Lipinski definition) is 4. The molecule has 1 aliphatic heterocycles. The van der Waals surface area contributed by atoms with Gasteiger partial charge in [-0.25, -0.2) is 0 Å². The second-order valence-electron chi connectivity index (χ2n) is 4.99. The van der Waals surface area contributed by atoms with Crippen molar-refractivity contribution in [2.75, 3.05) is 32.2 Å². The Morgan fingerprint density at radius 3 is 2.67 bits per heavy atom. The average Bonchev–Trinajstić information content (AvgIpc) is 2.94. The Morgan fingerprint density at radius 2 is 2.17 bits per heavy atom. The van der Waals surface area contributed by atoms with Crippen LogP contribution in [0.1, 0.15) is 13.3 Å². The standard InChI is InChI=1S/C14H21NO3/c1-14(10-16,11-7-8-18-9-11)15-12-3-5-13(17-2)6-4-12/h3-6,11,15-16H,7-10H2,1-2H3. The summed E-state index contributed by atoms with van der Waals surface area (Å²) in [5, 5.41) is 13.1. The normalized spacial score (nSPS) is 22.5. The predicted octanol–water partition coefficient (Wildman–Crippen LogP) is 1.89. The Morgan fingerprint density at radius 1 is 1.44 bits per heavy atom. The van der Waals surface area contributed by atoms with Crippen molar-refractivity contribution >= 4 is 5.69 Å². The summed E-state index contributed by atoms with van der Waals surface area (Å²) in [7, 11) is 1.65. The lowest BCUT2D eigenvalue weighted by Gasteiger charge is -2.35. The summed E-state index contributed by atoms with van der Waals surface area (Å²) in [4.78, 5) is 0. The fourth-order valence-corrected chi connectivity index (χ4v) is 2.31. The third-order valence-corrected chi connectivity index (χ3v) is 3.68. The number of benzene rings is 1. The number of nitrogens with one attached hydrogen (secondary N) is 1. The summed E-state index contributed by atoms with van der Waals surface area (Å²) in [5.74, 6) is 1.17. The van der Waals surface area contributed by atoms with Crippen LogP contribution in [0, 0.1) is 5.92 Å². The highest BCUT2D eigenvalue weighted by Gasteiger charge is 2.36. The van der Waals surface area contributed by atoms with E-state index in [0.717, 1.165) is 24.5 Å². The second-order valence-corrected chi connectivity index (χ2v) is 4.99. The third kappa shape index (κ3) is 2.76. The van der Waals surface area contributed by atoms with Crippen LogP contribution in [-0.2, 0) is 4.74 Å². The van der Waals surface area contributed by atoms with Crippen molar-refractivity contribution in [2.24, 2.45) is 5.92 Å². The van der Waals surface area contributed by atoms with E-state index in [0.29, 0.717) is 12.5 Å². The highest BCUT2D eigenvalue weighted by Crippen LogP contribution is 2.29. The first-order valence-electron chi connectivity index (χ1n) is 6.29. The van der Waals surface area contributed by atoms with E-state index in [1.165, 1.54) is 0 Å². The van der Waals surface area contributed by atoms with E-state index in [1.807, 2.05) is 31.2 Å². The number of aliphatic hydroxyl groups excluding tert-OH is 1.